The molecule has 0 fully saturated rings. The second kappa shape index (κ2) is 9.80. The number of hydrogen-bond acceptors (Lipinski definition) is 3. The molecule has 12 heteroatoms. The first kappa shape index (κ1) is 25.2. The zero-order chi connectivity index (χ0) is 24.4. The molecule has 0 bridgehead atoms. The van der Waals surface area contributed by atoms with Gasteiger partial charge in [0.1, 0.15) is 6.54 Å². The predicted octanol–water partition coefficient (Wildman–Crippen LogP) is 6.50. The Kier molecular flexibility index (Phi) is 7.48. The van der Waals surface area contributed by atoms with Crippen molar-refractivity contribution in [2.75, 3.05) is 16.2 Å². The van der Waals surface area contributed by atoms with E-state index in [1.807, 2.05) is 0 Å². The number of halogens is 6. The molecule has 0 aromatic heterocycles. The summed E-state index contributed by atoms with van der Waals surface area (Å²) >= 11 is 18.1. The van der Waals surface area contributed by atoms with Crippen molar-refractivity contribution in [3.8, 4) is 0 Å². The highest BCUT2D eigenvalue weighted by molar-refractivity contribution is 7.92. The van der Waals surface area contributed by atoms with Gasteiger partial charge < -0.3 is 5.32 Å². The molecule has 1 N–H and O–H groups in total. The quantitative estimate of drug-likeness (QED) is 0.390. The number of carbonyl (C=O) groups excluding carboxylic acids is 1. The number of carbonyl (C=O) groups is 1. The van der Waals surface area contributed by atoms with E-state index in [-0.39, 0.29) is 31.3 Å². The normalized spacial score (nSPS) is 11.8. The first-order valence-corrected chi connectivity index (χ1v) is 11.7. The Morgan fingerprint density at radius 1 is 0.909 bits per heavy atom. The number of amides is 1. The summed E-state index contributed by atoms with van der Waals surface area (Å²) in [5.41, 5.74) is -1.45. The number of nitrogens with zero attached hydrogens (tertiary/aromatic N) is 1. The molecule has 3 rings (SSSR count). The van der Waals surface area contributed by atoms with Gasteiger partial charge in [-0.2, -0.15) is 13.2 Å². The average Bonchev–Trinajstić information content (AvgIpc) is 2.75. The molecule has 174 valence electrons. The molecule has 0 unspecified atom stereocenters. The zero-order valence-corrected chi connectivity index (χ0v) is 19.5. The lowest BCUT2D eigenvalue weighted by atomic mass is 10.2. The lowest BCUT2D eigenvalue weighted by Crippen LogP contribution is -2.38. The van der Waals surface area contributed by atoms with E-state index in [1.54, 1.807) is 6.07 Å². The van der Waals surface area contributed by atoms with Crippen LogP contribution in [0, 0.1) is 0 Å². The number of benzene rings is 3. The Labute approximate surface area is 202 Å². The largest absolute Gasteiger partial charge is 0.416 e. The fraction of sp³-hybridized carbons (Fsp3) is 0.0952. The molecule has 0 aliphatic rings. The van der Waals surface area contributed by atoms with Crippen LogP contribution in [0.15, 0.2) is 71.6 Å². The van der Waals surface area contributed by atoms with Crippen LogP contribution in [-0.2, 0) is 21.0 Å². The smallest absolute Gasteiger partial charge is 0.323 e. The third kappa shape index (κ3) is 5.92. The van der Waals surface area contributed by atoms with Crippen LogP contribution in [0.25, 0.3) is 0 Å². The van der Waals surface area contributed by atoms with Crippen molar-refractivity contribution in [1.82, 2.24) is 0 Å². The maximum Gasteiger partial charge on any atom is 0.416 e. The molecular weight excluding hydrogens is 524 g/mol. The summed E-state index contributed by atoms with van der Waals surface area (Å²) in [6, 6.07) is 13.7. The van der Waals surface area contributed by atoms with E-state index in [0.717, 1.165) is 12.1 Å². The Balaban J connectivity index is 2.00. The standard InChI is InChI=1S/C21H14Cl3F3N2O3S/c22-14-7-9-17(24)19(11-14)29(33(31,32)15-4-2-1-3-5-15)12-20(30)28-18-10-13(21(25,26)27)6-8-16(18)23/h1-11H,12H2,(H,28,30). The molecule has 1 amide bonds. The highest BCUT2D eigenvalue weighted by atomic mass is 35.5. The summed E-state index contributed by atoms with van der Waals surface area (Å²) in [4.78, 5) is 12.6. The minimum Gasteiger partial charge on any atom is -0.323 e. The van der Waals surface area contributed by atoms with Crippen LogP contribution >= 0.6 is 34.8 Å². The number of anilines is 2. The second-order valence-electron chi connectivity index (χ2n) is 6.66. The van der Waals surface area contributed by atoms with E-state index in [9.17, 15) is 26.4 Å². The van der Waals surface area contributed by atoms with Crippen molar-refractivity contribution in [2.45, 2.75) is 11.1 Å². The zero-order valence-electron chi connectivity index (χ0n) is 16.4. The molecule has 0 aliphatic carbocycles. The SMILES string of the molecule is O=C(CN(c1cc(Cl)ccc1Cl)S(=O)(=O)c1ccccc1)Nc1cc(C(F)(F)F)ccc1Cl. The van der Waals surface area contributed by atoms with Gasteiger partial charge in [0.25, 0.3) is 10.0 Å². The van der Waals surface area contributed by atoms with Crippen LogP contribution in [-0.4, -0.2) is 20.9 Å². The Hall–Kier alpha value is -2.46. The van der Waals surface area contributed by atoms with Crippen molar-refractivity contribution in [3.05, 3.63) is 87.4 Å². The van der Waals surface area contributed by atoms with Crippen molar-refractivity contribution >= 4 is 62.1 Å². The molecule has 3 aromatic carbocycles. The Morgan fingerprint density at radius 2 is 1.55 bits per heavy atom. The molecule has 0 spiro atoms. The van der Waals surface area contributed by atoms with Gasteiger partial charge in [-0.25, -0.2) is 8.42 Å². The van der Waals surface area contributed by atoms with Crippen LogP contribution in [0.2, 0.25) is 15.1 Å². The summed E-state index contributed by atoms with van der Waals surface area (Å²) in [5, 5.41) is 2.22. The van der Waals surface area contributed by atoms with Gasteiger partial charge in [-0.05, 0) is 48.5 Å². The van der Waals surface area contributed by atoms with E-state index in [4.69, 9.17) is 34.8 Å². The van der Waals surface area contributed by atoms with E-state index >= 15 is 0 Å². The number of sulfonamides is 1. The fourth-order valence-electron chi connectivity index (χ4n) is 2.81. The van der Waals surface area contributed by atoms with Crippen molar-refractivity contribution in [2.24, 2.45) is 0 Å². The number of nitrogens with one attached hydrogen (secondary N) is 1. The van der Waals surface area contributed by atoms with Crippen LogP contribution in [0.5, 0.6) is 0 Å². The van der Waals surface area contributed by atoms with Gasteiger partial charge in [0, 0.05) is 5.02 Å². The average molecular weight is 538 g/mol. The molecule has 0 heterocycles. The van der Waals surface area contributed by atoms with Gasteiger partial charge in [0.2, 0.25) is 5.91 Å². The van der Waals surface area contributed by atoms with Crippen molar-refractivity contribution in [3.63, 3.8) is 0 Å². The maximum absolute atomic E-state index is 13.3. The first-order chi connectivity index (χ1) is 15.4. The fourth-order valence-corrected chi connectivity index (χ4v) is 4.87. The molecule has 0 radical (unpaired) electrons. The molecule has 0 aliphatic heterocycles. The van der Waals surface area contributed by atoms with E-state index in [0.29, 0.717) is 10.4 Å². The van der Waals surface area contributed by atoms with E-state index in [2.05, 4.69) is 5.32 Å². The lowest BCUT2D eigenvalue weighted by molar-refractivity contribution is -0.137. The Bertz CT molecular complexity index is 1290. The summed E-state index contributed by atoms with van der Waals surface area (Å²) < 4.78 is 66.4. The Morgan fingerprint density at radius 3 is 2.18 bits per heavy atom. The van der Waals surface area contributed by atoms with Gasteiger partial charge in [0.15, 0.2) is 0 Å². The molecule has 5 nitrogen and oxygen atoms in total. The van der Waals surface area contributed by atoms with Gasteiger partial charge >= 0.3 is 6.18 Å². The minimum absolute atomic E-state index is 0.0104. The number of hydrogen-bond donors (Lipinski definition) is 1. The topological polar surface area (TPSA) is 66.5 Å². The summed E-state index contributed by atoms with van der Waals surface area (Å²) in [7, 11) is -4.31. The van der Waals surface area contributed by atoms with Crippen molar-refractivity contribution in [1.29, 1.82) is 0 Å². The van der Waals surface area contributed by atoms with Crippen LogP contribution in [0.4, 0.5) is 24.5 Å². The molecule has 33 heavy (non-hydrogen) atoms. The molecule has 0 saturated carbocycles. The van der Waals surface area contributed by atoms with Gasteiger partial charge in [0.05, 0.1) is 31.9 Å². The summed E-state index contributed by atoms with van der Waals surface area (Å²) in [6.45, 7) is -0.816. The van der Waals surface area contributed by atoms with Gasteiger partial charge in [-0.3, -0.25) is 9.10 Å². The number of alkyl halides is 3. The summed E-state index contributed by atoms with van der Waals surface area (Å²) in [6.07, 6.45) is -4.67. The van der Waals surface area contributed by atoms with Crippen LogP contribution in [0.1, 0.15) is 5.56 Å². The molecule has 0 saturated heterocycles. The predicted molar refractivity (Wildman–Crippen MR) is 123 cm³/mol. The monoisotopic (exact) mass is 536 g/mol. The van der Waals surface area contributed by atoms with Gasteiger partial charge in [-0.15, -0.1) is 0 Å². The van der Waals surface area contributed by atoms with E-state index < -0.39 is 34.2 Å². The van der Waals surface area contributed by atoms with Gasteiger partial charge in [-0.1, -0.05) is 53.0 Å². The highest BCUT2D eigenvalue weighted by Crippen LogP contribution is 2.35. The van der Waals surface area contributed by atoms with Crippen LogP contribution in [0.3, 0.4) is 0 Å². The first-order valence-electron chi connectivity index (χ1n) is 9.09. The minimum atomic E-state index is -4.67. The molecule has 3 aromatic rings. The maximum atomic E-state index is 13.3. The van der Waals surface area contributed by atoms with Crippen molar-refractivity contribution < 1.29 is 26.4 Å². The summed E-state index contributed by atoms with van der Waals surface area (Å²) in [5.74, 6) is -0.952. The van der Waals surface area contributed by atoms with E-state index in [1.165, 1.54) is 42.5 Å². The third-order valence-corrected chi connectivity index (χ3v) is 7.02. The molecular formula is C21H14Cl3F3N2O3S. The molecule has 0 atom stereocenters. The lowest BCUT2D eigenvalue weighted by Gasteiger charge is -2.25. The van der Waals surface area contributed by atoms with Crippen LogP contribution < -0.4 is 9.62 Å². The number of rotatable bonds is 6. The third-order valence-electron chi connectivity index (χ3n) is 4.36. The highest BCUT2D eigenvalue weighted by Gasteiger charge is 2.32. The second-order valence-corrected chi connectivity index (χ2v) is 9.77.